The van der Waals surface area contributed by atoms with Crippen LogP contribution >= 0.6 is 12.2 Å². The predicted octanol–water partition coefficient (Wildman–Crippen LogP) is 5.16. The summed E-state index contributed by atoms with van der Waals surface area (Å²) in [4.78, 5) is 0. The lowest BCUT2D eigenvalue weighted by Gasteiger charge is -2.13. The van der Waals surface area contributed by atoms with Gasteiger partial charge in [0.15, 0.2) is 5.11 Å². The van der Waals surface area contributed by atoms with Crippen LogP contribution in [0.15, 0.2) is 42.5 Å². The van der Waals surface area contributed by atoms with Crippen molar-refractivity contribution in [3.05, 3.63) is 53.6 Å². The molecule has 3 nitrogen and oxygen atoms in total. The van der Waals surface area contributed by atoms with Crippen molar-refractivity contribution in [3.8, 4) is 5.75 Å². The molecule has 0 aromatic heterocycles. The molecule has 0 heterocycles. The van der Waals surface area contributed by atoms with Gasteiger partial charge in [0, 0.05) is 11.4 Å². The van der Waals surface area contributed by atoms with Crippen molar-refractivity contribution in [2.75, 3.05) is 17.7 Å². The first-order chi connectivity index (χ1) is 11.1. The first-order valence-corrected chi connectivity index (χ1v) is 8.34. The van der Waals surface area contributed by atoms with Crippen LogP contribution in [0, 0.1) is 6.92 Å². The van der Waals surface area contributed by atoms with Gasteiger partial charge in [-0.3, -0.25) is 0 Å². The molecule has 2 N–H and O–H groups in total. The summed E-state index contributed by atoms with van der Waals surface area (Å²) in [5.74, 6) is 0.842. The molecule has 0 fully saturated rings. The Morgan fingerprint density at radius 1 is 1.09 bits per heavy atom. The van der Waals surface area contributed by atoms with E-state index in [1.54, 1.807) is 7.11 Å². The molecule has 0 saturated heterocycles. The van der Waals surface area contributed by atoms with Crippen molar-refractivity contribution in [3.63, 3.8) is 0 Å². The molecule has 0 aliphatic carbocycles. The van der Waals surface area contributed by atoms with E-state index in [1.165, 1.54) is 18.4 Å². The minimum absolute atomic E-state index is 0.583. The molecular formula is C19H24N2OS. The van der Waals surface area contributed by atoms with Crippen LogP contribution in [0.25, 0.3) is 0 Å². The zero-order valence-electron chi connectivity index (χ0n) is 14.0. The third-order valence-corrected chi connectivity index (χ3v) is 3.92. The lowest BCUT2D eigenvalue weighted by Crippen LogP contribution is -2.19. The number of rotatable bonds is 6. The second-order valence-electron chi connectivity index (χ2n) is 5.56. The highest BCUT2D eigenvalue weighted by molar-refractivity contribution is 7.80. The fourth-order valence-electron chi connectivity index (χ4n) is 2.32. The highest BCUT2D eigenvalue weighted by Gasteiger charge is 2.03. The maximum absolute atomic E-state index is 5.39. The predicted molar refractivity (Wildman–Crippen MR) is 103 cm³/mol. The van der Waals surface area contributed by atoms with Gasteiger partial charge in [-0.05, 0) is 73.4 Å². The molecule has 0 unspecified atom stereocenters. The van der Waals surface area contributed by atoms with E-state index in [4.69, 9.17) is 17.0 Å². The van der Waals surface area contributed by atoms with E-state index in [1.807, 2.05) is 25.1 Å². The van der Waals surface area contributed by atoms with Crippen molar-refractivity contribution < 1.29 is 4.74 Å². The molecule has 0 spiro atoms. The zero-order valence-corrected chi connectivity index (χ0v) is 14.8. The van der Waals surface area contributed by atoms with Crippen LogP contribution in [-0.2, 0) is 6.42 Å². The standard InChI is InChI=1S/C19H24N2OS/c1-4-5-6-15-7-9-16(10-8-15)20-19(23)21-18-12-11-17(22-3)13-14(18)2/h7-13H,4-6H2,1-3H3,(H2,20,21,23). The van der Waals surface area contributed by atoms with Crippen molar-refractivity contribution in [2.24, 2.45) is 0 Å². The second kappa shape index (κ2) is 8.53. The molecule has 2 aromatic rings. The first-order valence-electron chi connectivity index (χ1n) is 7.94. The summed E-state index contributed by atoms with van der Waals surface area (Å²) in [6, 6.07) is 14.3. The van der Waals surface area contributed by atoms with Crippen molar-refractivity contribution in [2.45, 2.75) is 33.1 Å². The Morgan fingerprint density at radius 3 is 2.43 bits per heavy atom. The number of anilines is 2. The molecule has 0 atom stereocenters. The Bertz CT molecular complexity index is 653. The average Bonchev–Trinajstić information content (AvgIpc) is 2.56. The maximum Gasteiger partial charge on any atom is 0.175 e. The number of hydrogen-bond donors (Lipinski definition) is 2. The van der Waals surface area contributed by atoms with Gasteiger partial charge >= 0.3 is 0 Å². The van der Waals surface area contributed by atoms with E-state index >= 15 is 0 Å². The molecular weight excluding hydrogens is 304 g/mol. The van der Waals surface area contributed by atoms with Gasteiger partial charge in [0.1, 0.15) is 5.75 Å². The van der Waals surface area contributed by atoms with Crippen molar-refractivity contribution in [1.82, 2.24) is 0 Å². The number of ether oxygens (including phenoxy) is 1. The Kier molecular flexibility index (Phi) is 6.41. The highest BCUT2D eigenvalue weighted by atomic mass is 32.1. The van der Waals surface area contributed by atoms with Crippen LogP contribution in [-0.4, -0.2) is 12.2 Å². The van der Waals surface area contributed by atoms with Gasteiger partial charge in [0.05, 0.1) is 7.11 Å². The first kappa shape index (κ1) is 17.3. The maximum atomic E-state index is 5.39. The third-order valence-electron chi connectivity index (χ3n) is 3.71. The molecule has 0 radical (unpaired) electrons. The number of unbranched alkanes of at least 4 members (excludes halogenated alkanes) is 1. The van der Waals surface area contributed by atoms with Crippen LogP contribution in [0.3, 0.4) is 0 Å². The SMILES string of the molecule is CCCCc1ccc(NC(=S)Nc2ccc(OC)cc2C)cc1. The van der Waals surface area contributed by atoms with E-state index in [-0.39, 0.29) is 0 Å². The lowest BCUT2D eigenvalue weighted by atomic mass is 10.1. The van der Waals surface area contributed by atoms with Gasteiger partial charge in [-0.15, -0.1) is 0 Å². The van der Waals surface area contributed by atoms with Crippen molar-refractivity contribution >= 4 is 28.7 Å². The van der Waals surface area contributed by atoms with E-state index in [2.05, 4.69) is 41.8 Å². The van der Waals surface area contributed by atoms with E-state index in [0.29, 0.717) is 5.11 Å². The molecule has 0 saturated carbocycles. The van der Waals surface area contributed by atoms with Crippen molar-refractivity contribution in [1.29, 1.82) is 0 Å². The molecule has 2 rings (SSSR count). The number of benzene rings is 2. The Labute approximate surface area is 144 Å². The van der Waals surface area contributed by atoms with Gasteiger partial charge in [0.2, 0.25) is 0 Å². The Morgan fingerprint density at radius 2 is 1.83 bits per heavy atom. The largest absolute Gasteiger partial charge is 0.497 e. The number of hydrogen-bond acceptors (Lipinski definition) is 2. The summed E-state index contributed by atoms with van der Waals surface area (Å²) in [6.07, 6.45) is 3.57. The minimum Gasteiger partial charge on any atom is -0.497 e. The molecule has 122 valence electrons. The zero-order chi connectivity index (χ0) is 16.7. The number of aryl methyl sites for hydroxylation is 2. The van der Waals surface area contributed by atoms with Crippen LogP contribution in [0.2, 0.25) is 0 Å². The number of nitrogens with one attached hydrogen (secondary N) is 2. The summed E-state index contributed by atoms with van der Waals surface area (Å²) in [5.41, 5.74) is 4.42. The minimum atomic E-state index is 0.583. The van der Waals surface area contributed by atoms with E-state index in [9.17, 15) is 0 Å². The molecule has 0 aliphatic rings. The van der Waals surface area contributed by atoms with E-state index < -0.39 is 0 Å². The molecule has 0 amide bonds. The molecule has 0 bridgehead atoms. The highest BCUT2D eigenvalue weighted by Crippen LogP contribution is 2.21. The summed E-state index contributed by atoms with van der Waals surface area (Å²) in [7, 11) is 1.66. The Hall–Kier alpha value is -2.07. The van der Waals surface area contributed by atoms with Gasteiger partial charge in [-0.2, -0.15) is 0 Å². The summed E-state index contributed by atoms with van der Waals surface area (Å²) in [6.45, 7) is 4.23. The third kappa shape index (κ3) is 5.25. The fraction of sp³-hybridized carbons (Fsp3) is 0.316. The summed E-state index contributed by atoms with van der Waals surface area (Å²) < 4.78 is 5.21. The van der Waals surface area contributed by atoms with Gasteiger partial charge < -0.3 is 15.4 Å². The van der Waals surface area contributed by atoms with Gasteiger partial charge in [-0.25, -0.2) is 0 Å². The van der Waals surface area contributed by atoms with Crippen LogP contribution in [0.4, 0.5) is 11.4 Å². The van der Waals surface area contributed by atoms with Gasteiger partial charge in [0.25, 0.3) is 0 Å². The molecule has 2 aromatic carbocycles. The molecule has 0 aliphatic heterocycles. The lowest BCUT2D eigenvalue weighted by molar-refractivity contribution is 0.414. The monoisotopic (exact) mass is 328 g/mol. The number of thiocarbonyl (C=S) groups is 1. The average molecular weight is 328 g/mol. The van der Waals surface area contributed by atoms with E-state index in [0.717, 1.165) is 29.1 Å². The molecule has 4 heteroatoms. The van der Waals surface area contributed by atoms with Crippen LogP contribution in [0.1, 0.15) is 30.9 Å². The van der Waals surface area contributed by atoms with Gasteiger partial charge in [-0.1, -0.05) is 25.5 Å². The normalized spacial score (nSPS) is 10.2. The topological polar surface area (TPSA) is 33.3 Å². The second-order valence-corrected chi connectivity index (χ2v) is 5.97. The number of methoxy groups -OCH3 is 1. The summed E-state index contributed by atoms with van der Waals surface area (Å²) in [5, 5.41) is 7.03. The molecule has 23 heavy (non-hydrogen) atoms. The van der Waals surface area contributed by atoms with Crippen LogP contribution < -0.4 is 15.4 Å². The fourth-order valence-corrected chi connectivity index (χ4v) is 2.55. The smallest absolute Gasteiger partial charge is 0.175 e. The Balaban J connectivity index is 1.94. The summed E-state index contributed by atoms with van der Waals surface area (Å²) >= 11 is 5.39. The quantitative estimate of drug-likeness (QED) is 0.718. The van der Waals surface area contributed by atoms with Crippen LogP contribution in [0.5, 0.6) is 5.75 Å².